The van der Waals surface area contributed by atoms with Crippen LogP contribution in [0.1, 0.15) is 30.2 Å². The largest absolute Gasteiger partial charge is 0.469 e. The quantitative estimate of drug-likeness (QED) is 0.826. The molecule has 0 bridgehead atoms. The number of carbonyl (C=O) groups excluding carboxylic acids is 1. The van der Waals surface area contributed by atoms with Gasteiger partial charge in [-0.15, -0.1) is 0 Å². The van der Waals surface area contributed by atoms with E-state index in [4.69, 9.17) is 4.42 Å². The topological polar surface area (TPSA) is 42.2 Å². The number of carbonyl (C=O) groups is 1. The number of aryl methyl sites for hydroxylation is 1. The van der Waals surface area contributed by atoms with Crippen LogP contribution in [0.4, 0.5) is 0 Å². The lowest BCUT2D eigenvalue weighted by Gasteiger charge is -2.22. The minimum Gasteiger partial charge on any atom is -0.469 e. The van der Waals surface area contributed by atoms with Crippen molar-refractivity contribution >= 4 is 21.8 Å². The van der Waals surface area contributed by atoms with Crippen molar-refractivity contribution in [2.24, 2.45) is 0 Å². The second kappa shape index (κ2) is 4.17. The summed E-state index contributed by atoms with van der Waals surface area (Å²) in [5, 5.41) is 3.32. The first-order chi connectivity index (χ1) is 6.81. The normalized spacial score (nSPS) is 20.2. The van der Waals surface area contributed by atoms with E-state index in [9.17, 15) is 4.79 Å². The number of furan rings is 1. The molecule has 4 heteroatoms. The van der Waals surface area contributed by atoms with E-state index in [1.807, 2.05) is 6.07 Å². The molecule has 0 radical (unpaired) electrons. The average Bonchev–Trinajstić information content (AvgIpc) is 2.66. The standard InChI is InChI=1S/C10H12BrNO2/c11-6-10(13)12-8-2-1-3-9-7(8)4-5-14-9/h4-5,8H,1-3,6H2,(H,12,13). The minimum absolute atomic E-state index is 0.0315. The molecule has 3 nitrogen and oxygen atoms in total. The molecule has 14 heavy (non-hydrogen) atoms. The van der Waals surface area contributed by atoms with Gasteiger partial charge in [0.15, 0.2) is 0 Å². The number of hydrogen-bond acceptors (Lipinski definition) is 2. The van der Waals surface area contributed by atoms with E-state index in [1.54, 1.807) is 6.26 Å². The van der Waals surface area contributed by atoms with Gasteiger partial charge in [0, 0.05) is 12.0 Å². The van der Waals surface area contributed by atoms with Crippen LogP contribution in [-0.2, 0) is 11.2 Å². The van der Waals surface area contributed by atoms with E-state index < -0.39 is 0 Å². The van der Waals surface area contributed by atoms with Gasteiger partial charge in [0.05, 0.1) is 17.6 Å². The molecule has 0 aromatic carbocycles. The van der Waals surface area contributed by atoms with Crippen LogP contribution in [0.25, 0.3) is 0 Å². The molecule has 1 aliphatic carbocycles. The van der Waals surface area contributed by atoms with Gasteiger partial charge >= 0.3 is 0 Å². The van der Waals surface area contributed by atoms with Crippen LogP contribution in [0.15, 0.2) is 16.7 Å². The van der Waals surface area contributed by atoms with E-state index in [1.165, 1.54) is 0 Å². The molecule has 1 atom stereocenters. The molecule has 0 saturated heterocycles. The Morgan fingerprint density at radius 3 is 3.36 bits per heavy atom. The van der Waals surface area contributed by atoms with Gasteiger partial charge in [0.1, 0.15) is 5.76 Å². The summed E-state index contributed by atoms with van der Waals surface area (Å²) in [5.74, 6) is 1.06. The molecule has 1 N–H and O–H groups in total. The van der Waals surface area contributed by atoms with Gasteiger partial charge in [-0.2, -0.15) is 0 Å². The molecule has 2 rings (SSSR count). The highest BCUT2D eigenvalue weighted by Gasteiger charge is 2.23. The fourth-order valence-electron chi connectivity index (χ4n) is 1.87. The number of hydrogen-bond donors (Lipinski definition) is 1. The van der Waals surface area contributed by atoms with Crippen LogP contribution >= 0.6 is 15.9 Å². The van der Waals surface area contributed by atoms with Crippen molar-refractivity contribution < 1.29 is 9.21 Å². The number of amides is 1. The number of rotatable bonds is 2. The van der Waals surface area contributed by atoms with Crippen molar-refractivity contribution in [3.8, 4) is 0 Å². The van der Waals surface area contributed by atoms with Crippen LogP contribution in [0, 0.1) is 0 Å². The molecule has 0 spiro atoms. The first-order valence-corrected chi connectivity index (χ1v) is 5.85. The summed E-state index contributed by atoms with van der Waals surface area (Å²) >= 11 is 3.14. The number of fused-ring (bicyclic) bond motifs is 1. The number of halogens is 1. The summed E-state index contributed by atoms with van der Waals surface area (Å²) in [6, 6.07) is 2.09. The van der Waals surface area contributed by atoms with Gasteiger partial charge < -0.3 is 9.73 Å². The monoisotopic (exact) mass is 257 g/mol. The summed E-state index contributed by atoms with van der Waals surface area (Å²) in [4.78, 5) is 11.2. The van der Waals surface area contributed by atoms with Gasteiger partial charge in [0.2, 0.25) is 5.91 Å². The first kappa shape index (κ1) is 9.77. The maximum absolute atomic E-state index is 11.2. The van der Waals surface area contributed by atoms with E-state index in [0.717, 1.165) is 30.6 Å². The second-order valence-corrected chi connectivity index (χ2v) is 4.01. The molecular formula is C10H12BrNO2. The van der Waals surface area contributed by atoms with Gasteiger partial charge in [-0.25, -0.2) is 0 Å². The lowest BCUT2D eigenvalue weighted by molar-refractivity contribution is -0.119. The van der Waals surface area contributed by atoms with Gasteiger partial charge in [0.25, 0.3) is 0 Å². The Morgan fingerprint density at radius 2 is 2.57 bits per heavy atom. The Kier molecular flexibility index (Phi) is 2.91. The molecule has 1 unspecified atom stereocenters. The zero-order chi connectivity index (χ0) is 9.97. The van der Waals surface area contributed by atoms with Crippen LogP contribution < -0.4 is 5.32 Å². The lowest BCUT2D eigenvalue weighted by Crippen LogP contribution is -2.31. The Balaban J connectivity index is 2.12. The predicted molar refractivity (Wildman–Crippen MR) is 56.3 cm³/mol. The molecule has 0 saturated carbocycles. The molecule has 1 heterocycles. The summed E-state index contributed by atoms with van der Waals surface area (Å²) in [7, 11) is 0. The summed E-state index contributed by atoms with van der Waals surface area (Å²) in [6.45, 7) is 0. The van der Waals surface area contributed by atoms with Gasteiger partial charge in [-0.1, -0.05) is 15.9 Å². The molecule has 0 fully saturated rings. The van der Waals surface area contributed by atoms with Gasteiger partial charge in [-0.3, -0.25) is 4.79 Å². The SMILES string of the molecule is O=C(CBr)NC1CCCc2occc21. The third kappa shape index (κ3) is 1.85. The van der Waals surface area contributed by atoms with Gasteiger partial charge in [-0.05, 0) is 18.9 Å². The Hall–Kier alpha value is -0.770. The van der Waals surface area contributed by atoms with Crippen LogP contribution in [0.5, 0.6) is 0 Å². The van der Waals surface area contributed by atoms with E-state index in [-0.39, 0.29) is 11.9 Å². The van der Waals surface area contributed by atoms with Crippen molar-refractivity contribution in [1.29, 1.82) is 0 Å². The zero-order valence-electron chi connectivity index (χ0n) is 7.75. The highest BCUT2D eigenvalue weighted by molar-refractivity contribution is 9.09. The summed E-state index contributed by atoms with van der Waals surface area (Å²) < 4.78 is 5.34. The molecule has 1 aromatic heterocycles. The van der Waals surface area contributed by atoms with E-state index in [0.29, 0.717) is 5.33 Å². The molecule has 1 amide bonds. The molecular weight excluding hydrogens is 246 g/mol. The smallest absolute Gasteiger partial charge is 0.231 e. The highest BCUT2D eigenvalue weighted by Crippen LogP contribution is 2.30. The van der Waals surface area contributed by atoms with Crippen LogP contribution in [0.2, 0.25) is 0 Å². The Bertz CT molecular complexity index is 335. The Labute approximate surface area is 91.0 Å². The third-order valence-electron chi connectivity index (χ3n) is 2.51. The molecule has 76 valence electrons. The maximum atomic E-state index is 11.2. The van der Waals surface area contributed by atoms with Crippen LogP contribution in [-0.4, -0.2) is 11.2 Å². The summed E-state index contributed by atoms with van der Waals surface area (Å²) in [5.41, 5.74) is 1.14. The molecule has 1 aliphatic rings. The van der Waals surface area contributed by atoms with Crippen molar-refractivity contribution in [3.63, 3.8) is 0 Å². The zero-order valence-corrected chi connectivity index (χ0v) is 9.34. The van der Waals surface area contributed by atoms with Crippen molar-refractivity contribution in [2.45, 2.75) is 25.3 Å². The summed E-state index contributed by atoms with van der Waals surface area (Å²) in [6.07, 6.45) is 4.77. The highest BCUT2D eigenvalue weighted by atomic mass is 79.9. The fraction of sp³-hybridized carbons (Fsp3) is 0.500. The number of nitrogens with one attached hydrogen (secondary N) is 1. The predicted octanol–water partition coefficient (Wildman–Crippen LogP) is 2.17. The van der Waals surface area contributed by atoms with E-state index >= 15 is 0 Å². The number of alkyl halides is 1. The van der Waals surface area contributed by atoms with Crippen LogP contribution in [0.3, 0.4) is 0 Å². The Morgan fingerprint density at radius 1 is 1.71 bits per heavy atom. The maximum Gasteiger partial charge on any atom is 0.231 e. The second-order valence-electron chi connectivity index (χ2n) is 3.45. The molecule has 1 aromatic rings. The third-order valence-corrected chi connectivity index (χ3v) is 3.02. The van der Waals surface area contributed by atoms with Crippen molar-refractivity contribution in [2.75, 3.05) is 5.33 Å². The molecule has 0 aliphatic heterocycles. The average molecular weight is 258 g/mol. The van der Waals surface area contributed by atoms with Crippen molar-refractivity contribution in [3.05, 3.63) is 23.7 Å². The lowest BCUT2D eigenvalue weighted by atomic mass is 9.93. The fourth-order valence-corrected chi connectivity index (χ4v) is 2.03. The van der Waals surface area contributed by atoms with Crippen molar-refractivity contribution in [1.82, 2.24) is 5.32 Å². The minimum atomic E-state index is 0.0315. The first-order valence-electron chi connectivity index (χ1n) is 4.73. The van der Waals surface area contributed by atoms with E-state index in [2.05, 4.69) is 21.2 Å².